The lowest BCUT2D eigenvalue weighted by atomic mass is 10.1. The number of carbonyl (C=O) groups is 1. The summed E-state index contributed by atoms with van der Waals surface area (Å²) < 4.78 is 18.7. The smallest absolute Gasteiger partial charge is 0.266 e. The van der Waals surface area contributed by atoms with Crippen LogP contribution in [0.1, 0.15) is 16.7 Å². The first kappa shape index (κ1) is 22.4. The fraction of sp³-hybridized carbons (Fsp3) is 0.0833. The molecule has 156 valence electrons. The van der Waals surface area contributed by atoms with Gasteiger partial charge in [0.15, 0.2) is 5.75 Å². The standard InChI is InChI=1S/C24H17Cl2FN2O2/c1-15-3-2-4-20(9-15)29-24(30)18(13-28)10-17-11-21(25)23(22(26)12-17)31-14-16-5-7-19(27)8-6-16/h2-12H,14H2,1H3,(H,29,30)/b18-10-. The van der Waals surface area contributed by atoms with Crippen molar-refractivity contribution in [3.05, 3.63) is 98.8 Å². The Labute approximate surface area is 189 Å². The van der Waals surface area contributed by atoms with Gasteiger partial charge in [0.25, 0.3) is 5.91 Å². The summed E-state index contributed by atoms with van der Waals surface area (Å²) in [6.45, 7) is 2.05. The van der Waals surface area contributed by atoms with E-state index in [2.05, 4.69) is 5.32 Å². The Kier molecular flexibility index (Phi) is 7.30. The number of halogens is 3. The average Bonchev–Trinajstić information content (AvgIpc) is 2.72. The number of rotatable bonds is 6. The lowest BCUT2D eigenvalue weighted by Gasteiger charge is -2.11. The third kappa shape index (κ3) is 6.08. The molecule has 3 aromatic rings. The second kappa shape index (κ2) is 10.1. The molecule has 0 atom stereocenters. The van der Waals surface area contributed by atoms with E-state index in [0.717, 1.165) is 11.1 Å². The van der Waals surface area contributed by atoms with E-state index in [1.165, 1.54) is 18.2 Å². The average molecular weight is 455 g/mol. The molecule has 1 N–H and O–H groups in total. The highest BCUT2D eigenvalue weighted by Gasteiger charge is 2.13. The van der Waals surface area contributed by atoms with Crippen LogP contribution in [0.5, 0.6) is 5.75 Å². The molecule has 4 nitrogen and oxygen atoms in total. The predicted octanol–water partition coefficient (Wildman–Crippen LogP) is 6.57. The second-order valence-electron chi connectivity index (χ2n) is 6.72. The zero-order valence-corrected chi connectivity index (χ0v) is 18.0. The maximum Gasteiger partial charge on any atom is 0.266 e. The fourth-order valence-corrected chi connectivity index (χ4v) is 3.39. The molecular formula is C24H17Cl2FN2O2. The molecule has 0 bridgehead atoms. The Morgan fingerprint density at radius 1 is 1.13 bits per heavy atom. The third-order valence-corrected chi connectivity index (χ3v) is 4.83. The molecule has 0 unspecified atom stereocenters. The molecule has 0 radical (unpaired) electrons. The minimum atomic E-state index is -0.544. The van der Waals surface area contributed by atoms with Crippen molar-refractivity contribution >= 4 is 40.9 Å². The molecule has 31 heavy (non-hydrogen) atoms. The van der Waals surface area contributed by atoms with Crippen LogP contribution in [0.4, 0.5) is 10.1 Å². The van der Waals surface area contributed by atoms with Crippen LogP contribution in [0.2, 0.25) is 10.0 Å². The number of amides is 1. The number of aryl methyl sites for hydroxylation is 1. The van der Waals surface area contributed by atoms with Gasteiger partial charge in [-0.25, -0.2) is 4.39 Å². The topological polar surface area (TPSA) is 62.1 Å². The zero-order chi connectivity index (χ0) is 22.4. The summed E-state index contributed by atoms with van der Waals surface area (Å²) in [5.41, 5.74) is 2.69. The molecule has 0 fully saturated rings. The summed E-state index contributed by atoms with van der Waals surface area (Å²) >= 11 is 12.6. The van der Waals surface area contributed by atoms with Gasteiger partial charge >= 0.3 is 0 Å². The number of nitrogens with zero attached hydrogens (tertiary/aromatic N) is 1. The van der Waals surface area contributed by atoms with E-state index >= 15 is 0 Å². The number of hydrogen-bond acceptors (Lipinski definition) is 3. The van der Waals surface area contributed by atoms with E-state index in [4.69, 9.17) is 27.9 Å². The van der Waals surface area contributed by atoms with Crippen molar-refractivity contribution < 1.29 is 13.9 Å². The first-order chi connectivity index (χ1) is 14.9. The van der Waals surface area contributed by atoms with Crippen LogP contribution < -0.4 is 10.1 Å². The van der Waals surface area contributed by atoms with E-state index in [9.17, 15) is 14.4 Å². The molecule has 0 aliphatic rings. The molecule has 1 amide bonds. The molecule has 0 spiro atoms. The van der Waals surface area contributed by atoms with Crippen molar-refractivity contribution in [1.29, 1.82) is 5.26 Å². The van der Waals surface area contributed by atoms with Gasteiger partial charge in [0.1, 0.15) is 24.1 Å². The highest BCUT2D eigenvalue weighted by Crippen LogP contribution is 2.35. The highest BCUT2D eigenvalue weighted by atomic mass is 35.5. The van der Waals surface area contributed by atoms with Gasteiger partial charge in [-0.15, -0.1) is 0 Å². The molecule has 3 aromatic carbocycles. The summed E-state index contributed by atoms with van der Waals surface area (Å²) in [4.78, 5) is 12.5. The predicted molar refractivity (Wildman–Crippen MR) is 121 cm³/mol. The van der Waals surface area contributed by atoms with Crippen molar-refractivity contribution in [3.63, 3.8) is 0 Å². The van der Waals surface area contributed by atoms with Gasteiger partial charge in [-0.1, -0.05) is 47.5 Å². The Morgan fingerprint density at radius 3 is 2.42 bits per heavy atom. The van der Waals surface area contributed by atoms with Crippen molar-refractivity contribution in [3.8, 4) is 11.8 Å². The van der Waals surface area contributed by atoms with Crippen LogP contribution in [0.25, 0.3) is 6.08 Å². The third-order valence-electron chi connectivity index (χ3n) is 4.27. The van der Waals surface area contributed by atoms with Crippen LogP contribution in [0, 0.1) is 24.1 Å². The molecule has 7 heteroatoms. The maximum atomic E-state index is 13.0. The van der Waals surface area contributed by atoms with Crippen LogP contribution >= 0.6 is 23.2 Å². The van der Waals surface area contributed by atoms with Crippen LogP contribution in [-0.4, -0.2) is 5.91 Å². The van der Waals surface area contributed by atoms with Crippen molar-refractivity contribution in [2.45, 2.75) is 13.5 Å². The van der Waals surface area contributed by atoms with E-state index in [1.807, 2.05) is 25.1 Å². The molecule has 0 heterocycles. The number of hydrogen-bond donors (Lipinski definition) is 1. The van der Waals surface area contributed by atoms with Crippen molar-refractivity contribution in [1.82, 2.24) is 0 Å². The van der Waals surface area contributed by atoms with Gasteiger partial charge in [-0.2, -0.15) is 5.26 Å². The number of nitriles is 1. The second-order valence-corrected chi connectivity index (χ2v) is 7.54. The maximum absolute atomic E-state index is 13.0. The van der Waals surface area contributed by atoms with Crippen molar-refractivity contribution in [2.75, 3.05) is 5.32 Å². The largest absolute Gasteiger partial charge is 0.486 e. The van der Waals surface area contributed by atoms with Crippen LogP contribution in [-0.2, 0) is 11.4 Å². The number of carbonyl (C=O) groups excluding carboxylic acids is 1. The monoisotopic (exact) mass is 454 g/mol. The van der Waals surface area contributed by atoms with Gasteiger partial charge < -0.3 is 10.1 Å². The number of ether oxygens (including phenoxy) is 1. The van der Waals surface area contributed by atoms with Gasteiger partial charge in [0, 0.05) is 5.69 Å². The van der Waals surface area contributed by atoms with E-state index in [1.54, 1.807) is 36.4 Å². The minimum Gasteiger partial charge on any atom is -0.486 e. The fourth-order valence-electron chi connectivity index (χ4n) is 2.77. The summed E-state index contributed by atoms with van der Waals surface area (Å²) in [6.07, 6.45) is 1.40. The van der Waals surface area contributed by atoms with E-state index in [0.29, 0.717) is 11.3 Å². The number of nitrogens with one attached hydrogen (secondary N) is 1. The Morgan fingerprint density at radius 2 is 1.81 bits per heavy atom. The van der Waals surface area contributed by atoms with Crippen LogP contribution in [0.15, 0.2) is 66.2 Å². The Hall–Kier alpha value is -3.33. The Bertz CT molecular complexity index is 1160. The Balaban J connectivity index is 1.76. The summed E-state index contributed by atoms with van der Waals surface area (Å²) in [6, 6.07) is 18.1. The number of anilines is 1. The summed E-state index contributed by atoms with van der Waals surface area (Å²) in [7, 11) is 0. The van der Waals surface area contributed by atoms with E-state index in [-0.39, 0.29) is 33.8 Å². The minimum absolute atomic E-state index is 0.103. The van der Waals surface area contributed by atoms with Gasteiger partial charge in [0.05, 0.1) is 10.0 Å². The number of benzene rings is 3. The lowest BCUT2D eigenvalue weighted by molar-refractivity contribution is -0.112. The summed E-state index contributed by atoms with van der Waals surface area (Å²) in [5, 5.41) is 12.5. The molecule has 0 aliphatic heterocycles. The zero-order valence-electron chi connectivity index (χ0n) is 16.5. The van der Waals surface area contributed by atoms with E-state index < -0.39 is 5.91 Å². The molecule has 0 aliphatic carbocycles. The van der Waals surface area contributed by atoms with Gasteiger partial charge in [-0.05, 0) is 66.1 Å². The lowest BCUT2D eigenvalue weighted by Crippen LogP contribution is -2.13. The van der Waals surface area contributed by atoms with Gasteiger partial charge in [-0.3, -0.25) is 4.79 Å². The first-order valence-electron chi connectivity index (χ1n) is 9.22. The van der Waals surface area contributed by atoms with Crippen molar-refractivity contribution in [2.24, 2.45) is 0 Å². The molecular weight excluding hydrogens is 438 g/mol. The normalized spacial score (nSPS) is 11.0. The molecule has 3 rings (SSSR count). The SMILES string of the molecule is Cc1cccc(NC(=O)/C(C#N)=C\c2cc(Cl)c(OCc3ccc(F)cc3)c(Cl)c2)c1. The summed E-state index contributed by atoms with van der Waals surface area (Å²) in [5.74, 6) is -0.625. The molecule has 0 saturated heterocycles. The molecule has 0 aromatic heterocycles. The van der Waals surface area contributed by atoms with Gasteiger partial charge in [0.2, 0.25) is 0 Å². The van der Waals surface area contributed by atoms with Crippen LogP contribution in [0.3, 0.4) is 0 Å². The first-order valence-corrected chi connectivity index (χ1v) is 9.97. The highest BCUT2D eigenvalue weighted by molar-refractivity contribution is 6.37. The quantitative estimate of drug-likeness (QED) is 0.338. The molecule has 0 saturated carbocycles.